The molecule has 0 spiro atoms. The molecule has 0 fully saturated rings. The molecule has 1 amide bonds. The Morgan fingerprint density at radius 2 is 1.63 bits per heavy atom. The summed E-state index contributed by atoms with van der Waals surface area (Å²) < 4.78 is 16.8. The summed E-state index contributed by atoms with van der Waals surface area (Å²) in [7, 11) is 0. The molecular weight excluding hydrogens is 356 g/mol. The van der Waals surface area contributed by atoms with Gasteiger partial charge in [-0.3, -0.25) is 5.32 Å². The SMILES string of the molecule is CCCn1cc(NC(=O)OC(C)(C)C)c(OC(=O)OC(C)(C)C)c1C(=O)O. The lowest BCUT2D eigenvalue weighted by molar-refractivity contribution is 0.0203. The zero-order valence-electron chi connectivity index (χ0n) is 16.8. The third-order valence-electron chi connectivity index (χ3n) is 2.91. The van der Waals surface area contributed by atoms with Crippen LogP contribution in [-0.4, -0.2) is 39.1 Å². The molecule has 2 N–H and O–H groups in total. The maximum atomic E-state index is 12.1. The summed E-state index contributed by atoms with van der Waals surface area (Å²) in [5.74, 6) is -1.62. The van der Waals surface area contributed by atoms with Crippen LogP contribution in [-0.2, 0) is 16.0 Å². The van der Waals surface area contributed by atoms with Gasteiger partial charge >= 0.3 is 18.2 Å². The van der Waals surface area contributed by atoms with Crippen LogP contribution in [0.3, 0.4) is 0 Å². The quantitative estimate of drug-likeness (QED) is 0.729. The number of anilines is 1. The number of aromatic carboxylic acids is 1. The summed E-state index contributed by atoms with van der Waals surface area (Å²) in [6.45, 7) is 12.2. The molecule has 0 saturated carbocycles. The minimum atomic E-state index is -1.31. The number of ether oxygens (including phenoxy) is 3. The zero-order chi connectivity index (χ0) is 21.0. The van der Waals surface area contributed by atoms with Gasteiger partial charge in [-0.15, -0.1) is 0 Å². The van der Waals surface area contributed by atoms with E-state index < -0.39 is 29.4 Å². The summed E-state index contributed by atoms with van der Waals surface area (Å²) >= 11 is 0. The van der Waals surface area contributed by atoms with E-state index in [1.807, 2.05) is 6.92 Å². The second-order valence-electron chi connectivity index (χ2n) is 7.91. The third-order valence-corrected chi connectivity index (χ3v) is 2.91. The first-order valence-electron chi connectivity index (χ1n) is 8.60. The third kappa shape index (κ3) is 7.20. The fraction of sp³-hybridized carbons (Fsp3) is 0.611. The Kier molecular flexibility index (Phi) is 6.88. The Bertz CT molecular complexity index is 709. The molecule has 1 heterocycles. The number of amides is 1. The Morgan fingerprint density at radius 1 is 1.07 bits per heavy atom. The van der Waals surface area contributed by atoms with E-state index >= 15 is 0 Å². The van der Waals surface area contributed by atoms with E-state index in [4.69, 9.17) is 14.2 Å². The van der Waals surface area contributed by atoms with Crippen LogP contribution in [0.4, 0.5) is 15.3 Å². The highest BCUT2D eigenvalue weighted by molar-refractivity contribution is 5.96. The molecule has 152 valence electrons. The fourth-order valence-electron chi connectivity index (χ4n) is 2.13. The van der Waals surface area contributed by atoms with Crippen molar-refractivity contribution in [1.29, 1.82) is 0 Å². The van der Waals surface area contributed by atoms with E-state index in [9.17, 15) is 19.5 Å². The normalized spacial score (nSPS) is 11.7. The maximum Gasteiger partial charge on any atom is 0.514 e. The highest BCUT2D eigenvalue weighted by Gasteiger charge is 2.29. The number of nitrogens with one attached hydrogen (secondary N) is 1. The number of carboxylic acid groups (broad SMARTS) is 1. The van der Waals surface area contributed by atoms with Gasteiger partial charge in [0.05, 0.1) is 0 Å². The summed E-state index contributed by atoms with van der Waals surface area (Å²) in [6, 6.07) is 0. The number of carbonyl (C=O) groups excluding carboxylic acids is 2. The molecule has 0 aliphatic rings. The lowest BCUT2D eigenvalue weighted by Crippen LogP contribution is -2.28. The van der Waals surface area contributed by atoms with Gasteiger partial charge in [-0.25, -0.2) is 14.4 Å². The molecule has 0 saturated heterocycles. The van der Waals surface area contributed by atoms with Gasteiger partial charge in [0.25, 0.3) is 0 Å². The van der Waals surface area contributed by atoms with Crippen molar-refractivity contribution in [3.63, 3.8) is 0 Å². The molecule has 0 bridgehead atoms. The molecule has 1 rings (SSSR count). The summed E-state index contributed by atoms with van der Waals surface area (Å²) in [4.78, 5) is 35.8. The standard InChI is InChI=1S/C18H28N2O7/c1-8-9-20-10-11(19-15(23)26-17(2,3)4)13(12(20)14(21)22)25-16(24)27-18(5,6)7/h10H,8-9H2,1-7H3,(H,19,23)(H,21,22). The van der Waals surface area contributed by atoms with E-state index in [2.05, 4.69) is 5.32 Å². The minimum absolute atomic E-state index is 0.000888. The lowest BCUT2D eigenvalue weighted by Gasteiger charge is -2.20. The molecular formula is C18H28N2O7. The number of carboxylic acids is 1. The van der Waals surface area contributed by atoms with Crippen LogP contribution in [0.15, 0.2) is 6.20 Å². The fourth-order valence-corrected chi connectivity index (χ4v) is 2.13. The average Bonchev–Trinajstić information content (AvgIpc) is 2.72. The van der Waals surface area contributed by atoms with E-state index in [-0.39, 0.29) is 17.1 Å². The Morgan fingerprint density at radius 3 is 2.07 bits per heavy atom. The number of aromatic nitrogens is 1. The van der Waals surface area contributed by atoms with Gasteiger partial charge < -0.3 is 23.9 Å². The van der Waals surface area contributed by atoms with Crippen molar-refractivity contribution in [3.05, 3.63) is 11.9 Å². The Balaban J connectivity index is 3.27. The van der Waals surface area contributed by atoms with Crippen LogP contribution in [0.25, 0.3) is 0 Å². The van der Waals surface area contributed by atoms with Crippen LogP contribution in [0.5, 0.6) is 5.75 Å². The lowest BCUT2D eigenvalue weighted by atomic mass is 10.2. The van der Waals surface area contributed by atoms with Crippen LogP contribution in [0.1, 0.15) is 65.4 Å². The summed E-state index contributed by atoms with van der Waals surface area (Å²) in [6.07, 6.45) is 0.136. The average molecular weight is 384 g/mol. The Hall–Kier alpha value is -2.71. The molecule has 0 atom stereocenters. The number of aryl methyl sites for hydroxylation is 1. The number of hydrogen-bond donors (Lipinski definition) is 2. The van der Waals surface area contributed by atoms with Gasteiger partial charge in [0.1, 0.15) is 16.9 Å². The largest absolute Gasteiger partial charge is 0.514 e. The van der Waals surface area contributed by atoms with Gasteiger partial charge in [-0.2, -0.15) is 0 Å². The topological polar surface area (TPSA) is 116 Å². The molecule has 0 radical (unpaired) electrons. The predicted molar refractivity (Wildman–Crippen MR) is 98.4 cm³/mol. The molecule has 27 heavy (non-hydrogen) atoms. The number of hydrogen-bond acceptors (Lipinski definition) is 6. The van der Waals surface area contributed by atoms with E-state index in [1.54, 1.807) is 41.5 Å². The number of carbonyl (C=O) groups is 3. The summed E-state index contributed by atoms with van der Waals surface area (Å²) in [5.41, 5.74) is -1.85. The van der Waals surface area contributed by atoms with Crippen molar-refractivity contribution in [3.8, 4) is 5.75 Å². The molecule has 9 heteroatoms. The Labute approximate surface area is 158 Å². The monoisotopic (exact) mass is 384 g/mol. The van der Waals surface area contributed by atoms with Crippen molar-refractivity contribution >= 4 is 23.9 Å². The highest BCUT2D eigenvalue weighted by atomic mass is 16.7. The number of rotatable bonds is 5. The van der Waals surface area contributed by atoms with Crippen molar-refractivity contribution in [2.75, 3.05) is 5.32 Å². The summed E-state index contributed by atoms with van der Waals surface area (Å²) in [5, 5.41) is 12.0. The van der Waals surface area contributed by atoms with Gasteiger partial charge in [0.2, 0.25) is 0 Å². The second kappa shape index (κ2) is 8.32. The highest BCUT2D eigenvalue weighted by Crippen LogP contribution is 2.33. The maximum absolute atomic E-state index is 12.1. The van der Waals surface area contributed by atoms with Crippen LogP contribution < -0.4 is 10.1 Å². The van der Waals surface area contributed by atoms with E-state index in [0.29, 0.717) is 13.0 Å². The van der Waals surface area contributed by atoms with Crippen LogP contribution in [0, 0.1) is 0 Å². The van der Waals surface area contributed by atoms with E-state index in [1.165, 1.54) is 10.8 Å². The van der Waals surface area contributed by atoms with Crippen LogP contribution in [0.2, 0.25) is 0 Å². The molecule has 0 aliphatic heterocycles. The predicted octanol–water partition coefficient (Wildman–Crippen LogP) is 4.26. The van der Waals surface area contributed by atoms with Gasteiger partial charge in [-0.05, 0) is 48.0 Å². The van der Waals surface area contributed by atoms with Gasteiger partial charge in [0, 0.05) is 12.7 Å². The van der Waals surface area contributed by atoms with Crippen molar-refractivity contribution in [2.24, 2.45) is 0 Å². The van der Waals surface area contributed by atoms with Crippen molar-refractivity contribution in [2.45, 2.75) is 72.6 Å². The molecule has 9 nitrogen and oxygen atoms in total. The zero-order valence-corrected chi connectivity index (χ0v) is 16.8. The minimum Gasteiger partial charge on any atom is -0.476 e. The molecule has 0 unspecified atom stereocenters. The smallest absolute Gasteiger partial charge is 0.476 e. The second-order valence-corrected chi connectivity index (χ2v) is 7.91. The van der Waals surface area contributed by atoms with Gasteiger partial charge in [-0.1, -0.05) is 6.92 Å². The first-order valence-corrected chi connectivity index (χ1v) is 8.60. The van der Waals surface area contributed by atoms with Crippen molar-refractivity contribution < 1.29 is 33.7 Å². The first-order chi connectivity index (χ1) is 12.2. The number of nitrogens with zero attached hydrogens (tertiary/aromatic N) is 1. The molecule has 0 aromatic carbocycles. The molecule has 0 aliphatic carbocycles. The van der Waals surface area contributed by atoms with Crippen LogP contribution >= 0.6 is 0 Å². The molecule has 1 aromatic rings. The van der Waals surface area contributed by atoms with E-state index in [0.717, 1.165) is 0 Å². The van der Waals surface area contributed by atoms with Gasteiger partial charge in [0.15, 0.2) is 11.4 Å². The van der Waals surface area contributed by atoms with Crippen molar-refractivity contribution in [1.82, 2.24) is 4.57 Å². The first kappa shape index (κ1) is 22.3. The molecule has 1 aromatic heterocycles.